The fourth-order valence-electron chi connectivity index (χ4n) is 1.83. The highest BCUT2D eigenvalue weighted by Crippen LogP contribution is 2.11. The average Bonchev–Trinajstić information content (AvgIpc) is 2.36. The van der Waals surface area contributed by atoms with Crippen molar-refractivity contribution in [2.75, 3.05) is 6.54 Å². The van der Waals surface area contributed by atoms with Crippen molar-refractivity contribution in [3.63, 3.8) is 0 Å². The zero-order chi connectivity index (χ0) is 14.3. The molecule has 0 aliphatic heterocycles. The van der Waals surface area contributed by atoms with Gasteiger partial charge < -0.3 is 5.32 Å². The predicted molar refractivity (Wildman–Crippen MR) is 86.8 cm³/mol. The Hall–Kier alpha value is -1.42. The van der Waals surface area contributed by atoms with E-state index in [0.29, 0.717) is 5.11 Å². The van der Waals surface area contributed by atoms with Gasteiger partial charge in [0.2, 0.25) is 0 Å². The summed E-state index contributed by atoms with van der Waals surface area (Å²) < 4.78 is 0. The molecular weight excluding hydrogens is 254 g/mol. The van der Waals surface area contributed by atoms with Gasteiger partial charge in [-0.05, 0) is 45.0 Å². The summed E-state index contributed by atoms with van der Waals surface area (Å²) in [6.45, 7) is 9.22. The van der Waals surface area contributed by atoms with E-state index in [9.17, 15) is 0 Å². The Morgan fingerprint density at radius 3 is 2.68 bits per heavy atom. The molecule has 0 aromatic heterocycles. The second-order valence-electron chi connectivity index (χ2n) is 4.74. The lowest BCUT2D eigenvalue weighted by Gasteiger charge is -2.09. The van der Waals surface area contributed by atoms with Gasteiger partial charge in [0.25, 0.3) is 0 Å². The summed E-state index contributed by atoms with van der Waals surface area (Å²) in [7, 11) is 0. The fraction of sp³-hybridized carbons (Fsp3) is 0.467. The Morgan fingerprint density at radius 2 is 2.05 bits per heavy atom. The van der Waals surface area contributed by atoms with Gasteiger partial charge in [-0.3, -0.25) is 5.43 Å². The third kappa shape index (κ3) is 5.39. The molecule has 1 aromatic rings. The zero-order valence-corrected chi connectivity index (χ0v) is 13.0. The van der Waals surface area contributed by atoms with E-state index in [1.165, 1.54) is 11.1 Å². The van der Waals surface area contributed by atoms with E-state index in [0.717, 1.165) is 30.7 Å². The molecule has 0 amide bonds. The fourth-order valence-corrected chi connectivity index (χ4v) is 1.98. The van der Waals surface area contributed by atoms with Crippen LogP contribution in [0.1, 0.15) is 43.4 Å². The van der Waals surface area contributed by atoms with Crippen molar-refractivity contribution in [1.29, 1.82) is 0 Å². The van der Waals surface area contributed by atoms with Crippen LogP contribution in [0.5, 0.6) is 0 Å². The number of hydrogen-bond donors (Lipinski definition) is 2. The molecule has 0 unspecified atom stereocenters. The van der Waals surface area contributed by atoms with E-state index in [4.69, 9.17) is 12.2 Å². The summed E-state index contributed by atoms with van der Waals surface area (Å²) in [4.78, 5) is 0. The Labute approximate surface area is 121 Å². The minimum Gasteiger partial charge on any atom is -0.361 e. The summed E-state index contributed by atoms with van der Waals surface area (Å²) >= 11 is 5.16. The lowest BCUT2D eigenvalue weighted by Crippen LogP contribution is -2.33. The number of nitrogens with zero attached hydrogens (tertiary/aromatic N) is 1. The van der Waals surface area contributed by atoms with E-state index in [2.05, 4.69) is 54.8 Å². The highest BCUT2D eigenvalue weighted by molar-refractivity contribution is 7.80. The zero-order valence-electron chi connectivity index (χ0n) is 12.2. The molecule has 104 valence electrons. The van der Waals surface area contributed by atoms with Crippen molar-refractivity contribution in [3.05, 3.63) is 34.9 Å². The molecule has 4 heteroatoms. The van der Waals surface area contributed by atoms with Gasteiger partial charge in [-0.15, -0.1) is 0 Å². The van der Waals surface area contributed by atoms with Crippen LogP contribution in [0.25, 0.3) is 0 Å². The standard InChI is InChI=1S/C15H23N3S/c1-5-6-9-16-15(19)18-17-13(4)14-8-7-11(2)10-12(14)3/h7-8,10H,5-6,9H2,1-4H3,(H2,16,18,19)/b17-13-. The van der Waals surface area contributed by atoms with Crippen molar-refractivity contribution in [3.8, 4) is 0 Å². The summed E-state index contributed by atoms with van der Waals surface area (Å²) in [5.41, 5.74) is 7.47. The van der Waals surface area contributed by atoms with Gasteiger partial charge in [0.15, 0.2) is 5.11 Å². The number of hydrogen-bond acceptors (Lipinski definition) is 2. The van der Waals surface area contributed by atoms with Gasteiger partial charge in [-0.25, -0.2) is 0 Å². The summed E-state index contributed by atoms with van der Waals surface area (Å²) in [5.74, 6) is 0. The van der Waals surface area contributed by atoms with E-state index < -0.39 is 0 Å². The molecule has 0 aliphatic carbocycles. The Bertz CT molecular complexity index is 466. The van der Waals surface area contributed by atoms with Crippen LogP contribution in [0.4, 0.5) is 0 Å². The molecule has 0 atom stereocenters. The van der Waals surface area contributed by atoms with Crippen molar-refractivity contribution < 1.29 is 0 Å². The van der Waals surface area contributed by atoms with Crippen LogP contribution < -0.4 is 10.7 Å². The molecule has 1 aromatic carbocycles. The summed E-state index contributed by atoms with van der Waals surface area (Å²) in [6, 6.07) is 6.35. The number of rotatable bonds is 5. The lowest BCUT2D eigenvalue weighted by atomic mass is 10.0. The highest BCUT2D eigenvalue weighted by atomic mass is 32.1. The van der Waals surface area contributed by atoms with Crippen LogP contribution in [-0.2, 0) is 0 Å². The monoisotopic (exact) mass is 277 g/mol. The molecule has 19 heavy (non-hydrogen) atoms. The number of hydrazone groups is 1. The minimum atomic E-state index is 0.581. The van der Waals surface area contributed by atoms with Crippen molar-refractivity contribution in [2.45, 2.75) is 40.5 Å². The van der Waals surface area contributed by atoms with E-state index in [-0.39, 0.29) is 0 Å². The first-order valence-electron chi connectivity index (χ1n) is 6.70. The highest BCUT2D eigenvalue weighted by Gasteiger charge is 2.02. The normalized spacial score (nSPS) is 11.3. The molecule has 0 radical (unpaired) electrons. The van der Waals surface area contributed by atoms with Crippen LogP contribution in [0, 0.1) is 13.8 Å². The lowest BCUT2D eigenvalue weighted by molar-refractivity contribution is 0.745. The molecular formula is C15H23N3S. The maximum Gasteiger partial charge on any atom is 0.186 e. The van der Waals surface area contributed by atoms with Crippen LogP contribution in [-0.4, -0.2) is 17.4 Å². The Kier molecular flexibility index (Phi) is 6.50. The average molecular weight is 277 g/mol. The first-order chi connectivity index (χ1) is 9.04. The second kappa shape index (κ2) is 7.89. The minimum absolute atomic E-state index is 0.581. The van der Waals surface area contributed by atoms with Crippen molar-refractivity contribution in [1.82, 2.24) is 10.7 Å². The number of thiocarbonyl (C=S) groups is 1. The molecule has 0 heterocycles. The molecule has 3 nitrogen and oxygen atoms in total. The third-order valence-corrected chi connectivity index (χ3v) is 3.15. The van der Waals surface area contributed by atoms with E-state index in [1.54, 1.807) is 0 Å². The van der Waals surface area contributed by atoms with Crippen LogP contribution in [0.15, 0.2) is 23.3 Å². The van der Waals surface area contributed by atoms with Crippen molar-refractivity contribution >= 4 is 23.0 Å². The van der Waals surface area contributed by atoms with E-state index in [1.807, 2.05) is 6.92 Å². The number of aryl methyl sites for hydroxylation is 2. The SMILES string of the molecule is CCCCNC(=S)N/N=C(/C)c1ccc(C)cc1C. The van der Waals surface area contributed by atoms with Crippen molar-refractivity contribution in [2.24, 2.45) is 5.10 Å². The second-order valence-corrected chi connectivity index (χ2v) is 5.15. The molecule has 0 aliphatic rings. The number of nitrogens with one attached hydrogen (secondary N) is 2. The molecule has 0 saturated heterocycles. The Morgan fingerprint density at radius 1 is 1.32 bits per heavy atom. The van der Waals surface area contributed by atoms with Gasteiger partial charge >= 0.3 is 0 Å². The molecule has 1 rings (SSSR count). The first kappa shape index (κ1) is 15.6. The molecule has 0 fully saturated rings. The largest absolute Gasteiger partial charge is 0.361 e. The topological polar surface area (TPSA) is 36.4 Å². The van der Waals surface area contributed by atoms with E-state index >= 15 is 0 Å². The predicted octanol–water partition coefficient (Wildman–Crippen LogP) is 3.29. The number of benzene rings is 1. The van der Waals surface area contributed by atoms with Crippen LogP contribution in [0.2, 0.25) is 0 Å². The molecule has 0 bridgehead atoms. The van der Waals surface area contributed by atoms with Gasteiger partial charge in [0, 0.05) is 12.1 Å². The van der Waals surface area contributed by atoms with Gasteiger partial charge in [0.05, 0.1) is 5.71 Å². The third-order valence-electron chi connectivity index (χ3n) is 2.91. The van der Waals surface area contributed by atoms with Gasteiger partial charge in [-0.2, -0.15) is 5.10 Å². The molecule has 0 spiro atoms. The summed E-state index contributed by atoms with van der Waals surface area (Å²) in [5, 5.41) is 8.03. The molecule has 0 saturated carbocycles. The van der Waals surface area contributed by atoms with Crippen LogP contribution >= 0.6 is 12.2 Å². The maximum atomic E-state index is 5.16. The van der Waals surface area contributed by atoms with Crippen LogP contribution in [0.3, 0.4) is 0 Å². The number of unbranched alkanes of at least 4 members (excludes halogenated alkanes) is 1. The maximum absolute atomic E-state index is 5.16. The van der Waals surface area contributed by atoms with Gasteiger partial charge in [0.1, 0.15) is 0 Å². The summed E-state index contributed by atoms with van der Waals surface area (Å²) in [6.07, 6.45) is 2.27. The van der Waals surface area contributed by atoms with Gasteiger partial charge in [-0.1, -0.05) is 37.1 Å². The quantitative estimate of drug-likeness (QED) is 0.375. The first-order valence-corrected chi connectivity index (χ1v) is 7.11. The smallest absolute Gasteiger partial charge is 0.186 e. The Balaban J connectivity index is 2.59. The molecule has 2 N–H and O–H groups in total.